The normalized spacial score (nSPS) is 11.2. The van der Waals surface area contributed by atoms with Crippen molar-refractivity contribution in [2.75, 3.05) is 6.61 Å². The summed E-state index contributed by atoms with van der Waals surface area (Å²) in [6, 6.07) is 16.8. The highest BCUT2D eigenvalue weighted by Gasteiger charge is 2.15. The topological polar surface area (TPSA) is 38.7 Å². The van der Waals surface area contributed by atoms with Crippen molar-refractivity contribution in [2.45, 2.75) is 6.92 Å². The van der Waals surface area contributed by atoms with E-state index in [0.717, 1.165) is 10.0 Å². The third-order valence-corrected chi connectivity index (χ3v) is 3.11. The van der Waals surface area contributed by atoms with E-state index < -0.39 is 5.97 Å². The second-order valence-corrected chi connectivity index (χ2v) is 4.94. The fourth-order valence-electron chi connectivity index (χ4n) is 1.67. The van der Waals surface area contributed by atoms with Crippen molar-refractivity contribution >= 4 is 33.3 Å². The minimum atomic E-state index is -0.415. The van der Waals surface area contributed by atoms with Gasteiger partial charge in [-0.15, -0.1) is 0 Å². The van der Waals surface area contributed by atoms with Gasteiger partial charge in [0.15, 0.2) is 5.71 Å². The van der Waals surface area contributed by atoms with Crippen LogP contribution in [0.1, 0.15) is 12.5 Å². The van der Waals surface area contributed by atoms with E-state index in [4.69, 9.17) is 4.74 Å². The molecule has 3 nitrogen and oxygen atoms in total. The Bertz CT molecular complexity index is 606. The van der Waals surface area contributed by atoms with E-state index in [1.54, 1.807) is 6.92 Å². The number of esters is 1. The van der Waals surface area contributed by atoms with Gasteiger partial charge in [-0.1, -0.05) is 46.3 Å². The average Bonchev–Trinajstić information content (AvgIpc) is 2.48. The zero-order valence-corrected chi connectivity index (χ0v) is 12.6. The van der Waals surface area contributed by atoms with Crippen LogP contribution in [0.3, 0.4) is 0 Å². The van der Waals surface area contributed by atoms with Crippen molar-refractivity contribution < 1.29 is 9.53 Å². The lowest BCUT2D eigenvalue weighted by Crippen LogP contribution is -2.18. The molecule has 2 aromatic rings. The molecule has 0 radical (unpaired) electrons. The maximum atomic E-state index is 12.1. The zero-order valence-electron chi connectivity index (χ0n) is 11.0. The summed E-state index contributed by atoms with van der Waals surface area (Å²) in [6.45, 7) is 2.10. The van der Waals surface area contributed by atoms with Crippen LogP contribution in [-0.4, -0.2) is 18.3 Å². The number of aliphatic imine (C=N–C) groups is 1. The zero-order chi connectivity index (χ0) is 14.4. The van der Waals surface area contributed by atoms with Crippen molar-refractivity contribution in [3.05, 3.63) is 64.6 Å². The molecule has 0 heterocycles. The number of carbonyl (C=O) groups excluding carboxylic acids is 1. The Morgan fingerprint density at radius 3 is 2.35 bits per heavy atom. The molecule has 0 fully saturated rings. The number of hydrogen-bond donors (Lipinski definition) is 0. The molecule has 4 heteroatoms. The van der Waals surface area contributed by atoms with Crippen LogP contribution in [0, 0.1) is 0 Å². The highest BCUT2D eigenvalue weighted by molar-refractivity contribution is 9.10. The number of carbonyl (C=O) groups is 1. The fraction of sp³-hybridized carbons (Fsp3) is 0.125. The first-order valence-corrected chi connectivity index (χ1v) is 7.07. The lowest BCUT2D eigenvalue weighted by molar-refractivity contribution is -0.134. The lowest BCUT2D eigenvalue weighted by atomic mass is 10.1. The number of ether oxygens (including phenoxy) is 1. The Hall–Kier alpha value is -1.94. The first-order chi connectivity index (χ1) is 9.70. The second-order valence-electron chi connectivity index (χ2n) is 4.02. The number of benzene rings is 2. The van der Waals surface area contributed by atoms with E-state index in [9.17, 15) is 4.79 Å². The van der Waals surface area contributed by atoms with Gasteiger partial charge in [-0.25, -0.2) is 9.79 Å². The maximum absolute atomic E-state index is 12.1. The van der Waals surface area contributed by atoms with Gasteiger partial charge in [0, 0.05) is 10.0 Å². The molecule has 0 saturated heterocycles. The SMILES string of the molecule is CCOC(=O)C(=Nc1ccc(Br)cc1)c1ccccc1. The van der Waals surface area contributed by atoms with Crippen LogP contribution in [0.5, 0.6) is 0 Å². The van der Waals surface area contributed by atoms with Crippen molar-refractivity contribution in [1.29, 1.82) is 0 Å². The first kappa shape index (κ1) is 14.5. The minimum Gasteiger partial charge on any atom is -0.461 e. The number of hydrogen-bond acceptors (Lipinski definition) is 3. The standard InChI is InChI=1S/C16H14BrNO2/c1-2-20-16(19)15(12-6-4-3-5-7-12)18-14-10-8-13(17)9-11-14/h3-11H,2H2,1H3. The Morgan fingerprint density at radius 2 is 1.75 bits per heavy atom. The molecule has 0 aliphatic rings. The van der Waals surface area contributed by atoms with Crippen LogP contribution in [0.15, 0.2) is 64.1 Å². The molecule has 0 bridgehead atoms. The summed E-state index contributed by atoms with van der Waals surface area (Å²) in [5.74, 6) is -0.415. The monoisotopic (exact) mass is 331 g/mol. The molecule has 0 saturated carbocycles. The molecular formula is C16H14BrNO2. The Morgan fingerprint density at radius 1 is 1.10 bits per heavy atom. The molecule has 102 valence electrons. The molecule has 20 heavy (non-hydrogen) atoms. The van der Waals surface area contributed by atoms with Gasteiger partial charge in [-0.05, 0) is 31.2 Å². The van der Waals surface area contributed by atoms with Gasteiger partial charge in [-0.2, -0.15) is 0 Å². The highest BCUT2D eigenvalue weighted by atomic mass is 79.9. The molecule has 0 unspecified atom stereocenters. The van der Waals surface area contributed by atoms with Crippen molar-refractivity contribution in [3.8, 4) is 0 Å². The van der Waals surface area contributed by atoms with Crippen LogP contribution in [0.4, 0.5) is 5.69 Å². The largest absolute Gasteiger partial charge is 0.461 e. The highest BCUT2D eigenvalue weighted by Crippen LogP contribution is 2.18. The summed E-state index contributed by atoms with van der Waals surface area (Å²) < 4.78 is 6.04. The van der Waals surface area contributed by atoms with Crippen LogP contribution >= 0.6 is 15.9 Å². The van der Waals surface area contributed by atoms with Gasteiger partial charge in [0.1, 0.15) is 0 Å². The molecular weight excluding hydrogens is 318 g/mol. The van der Waals surface area contributed by atoms with E-state index in [1.165, 1.54) is 0 Å². The van der Waals surface area contributed by atoms with Gasteiger partial charge >= 0.3 is 5.97 Å². The molecule has 0 aliphatic carbocycles. The first-order valence-electron chi connectivity index (χ1n) is 6.27. The van der Waals surface area contributed by atoms with Crippen molar-refractivity contribution in [3.63, 3.8) is 0 Å². The summed E-state index contributed by atoms with van der Waals surface area (Å²) in [4.78, 5) is 16.5. The summed E-state index contributed by atoms with van der Waals surface area (Å²) in [7, 11) is 0. The maximum Gasteiger partial charge on any atom is 0.357 e. The average molecular weight is 332 g/mol. The van der Waals surface area contributed by atoms with E-state index in [-0.39, 0.29) is 0 Å². The summed E-state index contributed by atoms with van der Waals surface area (Å²) in [5, 5.41) is 0. The van der Waals surface area contributed by atoms with Crippen LogP contribution < -0.4 is 0 Å². The van der Waals surface area contributed by atoms with E-state index in [1.807, 2.05) is 54.6 Å². The van der Waals surface area contributed by atoms with Crippen LogP contribution in [-0.2, 0) is 9.53 Å². The predicted molar refractivity (Wildman–Crippen MR) is 83.4 cm³/mol. The number of halogens is 1. The van der Waals surface area contributed by atoms with E-state index in [0.29, 0.717) is 18.0 Å². The molecule has 2 aromatic carbocycles. The van der Waals surface area contributed by atoms with Gasteiger partial charge in [0.2, 0.25) is 0 Å². The smallest absolute Gasteiger partial charge is 0.357 e. The lowest BCUT2D eigenvalue weighted by Gasteiger charge is -2.06. The summed E-state index contributed by atoms with van der Waals surface area (Å²) in [5.41, 5.74) is 1.77. The molecule has 0 atom stereocenters. The van der Waals surface area contributed by atoms with E-state index >= 15 is 0 Å². The Labute approximate surface area is 126 Å². The molecule has 0 N–H and O–H groups in total. The number of rotatable bonds is 4. The molecule has 0 aliphatic heterocycles. The van der Waals surface area contributed by atoms with Crippen LogP contribution in [0.25, 0.3) is 0 Å². The summed E-state index contributed by atoms with van der Waals surface area (Å²) >= 11 is 3.37. The van der Waals surface area contributed by atoms with Crippen molar-refractivity contribution in [1.82, 2.24) is 0 Å². The number of nitrogens with zero attached hydrogens (tertiary/aromatic N) is 1. The minimum absolute atomic E-state index is 0.315. The third-order valence-electron chi connectivity index (χ3n) is 2.58. The molecule has 0 spiro atoms. The second kappa shape index (κ2) is 7.01. The summed E-state index contributed by atoms with van der Waals surface area (Å²) in [6.07, 6.45) is 0. The van der Waals surface area contributed by atoms with Crippen LogP contribution in [0.2, 0.25) is 0 Å². The quantitative estimate of drug-likeness (QED) is 0.624. The van der Waals surface area contributed by atoms with Gasteiger partial charge in [0.25, 0.3) is 0 Å². The predicted octanol–water partition coefficient (Wildman–Crippen LogP) is 4.13. The third kappa shape index (κ3) is 3.78. The van der Waals surface area contributed by atoms with Gasteiger partial charge in [0.05, 0.1) is 12.3 Å². The fourth-order valence-corrected chi connectivity index (χ4v) is 1.93. The molecule has 2 rings (SSSR count). The molecule has 0 aromatic heterocycles. The van der Waals surface area contributed by atoms with Crippen molar-refractivity contribution in [2.24, 2.45) is 4.99 Å². The Balaban J connectivity index is 2.41. The van der Waals surface area contributed by atoms with Gasteiger partial charge in [-0.3, -0.25) is 0 Å². The van der Waals surface area contributed by atoms with E-state index in [2.05, 4.69) is 20.9 Å². The molecule has 0 amide bonds. The Kier molecular flexibility index (Phi) is 5.07. The van der Waals surface area contributed by atoms with Gasteiger partial charge < -0.3 is 4.74 Å².